The van der Waals surface area contributed by atoms with Gasteiger partial charge < -0.3 is 5.32 Å². The maximum atomic E-state index is 4.05. The summed E-state index contributed by atoms with van der Waals surface area (Å²) in [6.45, 7) is 4.02. The maximum absolute atomic E-state index is 4.05. The number of hydrogen-bond donors (Lipinski definition) is 1. The number of aromatic nitrogens is 1. The van der Waals surface area contributed by atoms with Crippen molar-refractivity contribution in [2.75, 3.05) is 6.54 Å². The van der Waals surface area contributed by atoms with Crippen molar-refractivity contribution in [3.63, 3.8) is 0 Å². The average Bonchev–Trinajstić information content (AvgIpc) is 2.38. The summed E-state index contributed by atoms with van der Waals surface area (Å²) in [5, 5.41) is 3.36. The lowest BCUT2D eigenvalue weighted by Crippen LogP contribution is -2.12. The molecule has 0 unspecified atom stereocenters. The van der Waals surface area contributed by atoms with Crippen LogP contribution in [0.15, 0.2) is 48.8 Å². The second-order valence-corrected chi connectivity index (χ2v) is 3.67. The Morgan fingerprint density at radius 3 is 2.56 bits per heavy atom. The second-order valence-electron chi connectivity index (χ2n) is 3.67. The van der Waals surface area contributed by atoms with Crippen LogP contribution >= 0.6 is 0 Å². The summed E-state index contributed by atoms with van der Waals surface area (Å²) in [6, 6.07) is 12.6. The smallest absolute Gasteiger partial charge is 0.0273 e. The molecule has 1 heterocycles. The molecule has 0 fully saturated rings. The molecule has 1 aromatic heterocycles. The van der Waals surface area contributed by atoms with Crippen LogP contribution in [0.3, 0.4) is 0 Å². The maximum Gasteiger partial charge on any atom is 0.0273 e. The summed E-state index contributed by atoms with van der Waals surface area (Å²) in [5.41, 5.74) is 3.84. The standard InChI is InChI=1S/C14H16N2/c1-2-15-11-13-5-3-4-6-14(13)12-7-9-16-10-8-12/h3-10,15H,2,11H2,1H3. The minimum Gasteiger partial charge on any atom is -0.313 e. The highest BCUT2D eigenvalue weighted by Crippen LogP contribution is 2.22. The molecule has 0 aliphatic rings. The SMILES string of the molecule is CCNCc1ccccc1-c1ccncc1. The Kier molecular flexibility index (Phi) is 3.67. The molecule has 0 saturated heterocycles. The third kappa shape index (κ3) is 2.47. The van der Waals surface area contributed by atoms with Crippen molar-refractivity contribution in [1.29, 1.82) is 0 Å². The fourth-order valence-electron chi connectivity index (χ4n) is 1.75. The molecule has 0 amide bonds. The zero-order valence-electron chi connectivity index (χ0n) is 9.48. The van der Waals surface area contributed by atoms with Crippen LogP contribution in [-0.2, 0) is 6.54 Å². The predicted octanol–water partition coefficient (Wildman–Crippen LogP) is 2.86. The first-order valence-electron chi connectivity index (χ1n) is 5.61. The van der Waals surface area contributed by atoms with Crippen molar-refractivity contribution in [2.24, 2.45) is 0 Å². The van der Waals surface area contributed by atoms with E-state index in [4.69, 9.17) is 0 Å². The number of nitrogens with one attached hydrogen (secondary N) is 1. The molecule has 0 aliphatic carbocycles. The van der Waals surface area contributed by atoms with Crippen molar-refractivity contribution < 1.29 is 0 Å². The van der Waals surface area contributed by atoms with Crippen LogP contribution in [0.2, 0.25) is 0 Å². The van der Waals surface area contributed by atoms with E-state index in [-0.39, 0.29) is 0 Å². The number of nitrogens with zero attached hydrogens (tertiary/aromatic N) is 1. The van der Waals surface area contributed by atoms with Crippen molar-refractivity contribution >= 4 is 0 Å². The molecule has 2 heteroatoms. The molecule has 16 heavy (non-hydrogen) atoms. The summed E-state index contributed by atoms with van der Waals surface area (Å²) >= 11 is 0. The number of pyridine rings is 1. The second kappa shape index (κ2) is 5.42. The first-order chi connectivity index (χ1) is 7.92. The van der Waals surface area contributed by atoms with E-state index in [9.17, 15) is 0 Å². The van der Waals surface area contributed by atoms with Gasteiger partial charge in [-0.25, -0.2) is 0 Å². The summed E-state index contributed by atoms with van der Waals surface area (Å²) in [4.78, 5) is 4.05. The van der Waals surface area contributed by atoms with Gasteiger partial charge in [-0.3, -0.25) is 4.98 Å². The van der Waals surface area contributed by atoms with E-state index in [2.05, 4.69) is 41.5 Å². The van der Waals surface area contributed by atoms with E-state index < -0.39 is 0 Å². The first-order valence-corrected chi connectivity index (χ1v) is 5.61. The molecular formula is C14H16N2. The Morgan fingerprint density at radius 2 is 1.81 bits per heavy atom. The van der Waals surface area contributed by atoms with Crippen LogP contribution in [0.4, 0.5) is 0 Å². The van der Waals surface area contributed by atoms with Gasteiger partial charge in [0.15, 0.2) is 0 Å². The van der Waals surface area contributed by atoms with Crippen molar-refractivity contribution in [2.45, 2.75) is 13.5 Å². The summed E-state index contributed by atoms with van der Waals surface area (Å²) in [5.74, 6) is 0. The molecule has 0 bridgehead atoms. The van der Waals surface area contributed by atoms with Crippen LogP contribution in [0.25, 0.3) is 11.1 Å². The Bertz CT molecular complexity index is 437. The molecule has 0 saturated carbocycles. The fraction of sp³-hybridized carbons (Fsp3) is 0.214. The molecule has 2 aromatic rings. The molecule has 2 nitrogen and oxygen atoms in total. The zero-order valence-corrected chi connectivity index (χ0v) is 9.48. The van der Waals surface area contributed by atoms with Gasteiger partial charge in [0.25, 0.3) is 0 Å². The highest BCUT2D eigenvalue weighted by molar-refractivity contribution is 5.66. The van der Waals surface area contributed by atoms with Gasteiger partial charge in [0.2, 0.25) is 0 Å². The van der Waals surface area contributed by atoms with E-state index in [0.29, 0.717) is 0 Å². The van der Waals surface area contributed by atoms with Gasteiger partial charge in [0, 0.05) is 18.9 Å². The molecule has 82 valence electrons. The number of rotatable bonds is 4. The molecular weight excluding hydrogens is 196 g/mol. The van der Waals surface area contributed by atoms with Crippen molar-refractivity contribution in [3.05, 3.63) is 54.4 Å². The lowest BCUT2D eigenvalue weighted by atomic mass is 10.0. The Morgan fingerprint density at radius 1 is 1.06 bits per heavy atom. The van der Waals surface area contributed by atoms with E-state index in [1.165, 1.54) is 16.7 Å². The Labute approximate surface area is 96.4 Å². The minimum absolute atomic E-state index is 0.912. The van der Waals surface area contributed by atoms with Crippen molar-refractivity contribution in [3.8, 4) is 11.1 Å². The van der Waals surface area contributed by atoms with Crippen LogP contribution in [0.1, 0.15) is 12.5 Å². The molecule has 0 radical (unpaired) electrons. The third-order valence-corrected chi connectivity index (χ3v) is 2.57. The van der Waals surface area contributed by atoms with Crippen LogP contribution in [-0.4, -0.2) is 11.5 Å². The summed E-state index contributed by atoms with van der Waals surface area (Å²) in [7, 11) is 0. The van der Waals surface area contributed by atoms with Crippen LogP contribution in [0.5, 0.6) is 0 Å². The van der Waals surface area contributed by atoms with Gasteiger partial charge in [-0.05, 0) is 35.4 Å². The van der Waals surface area contributed by atoms with Gasteiger partial charge in [-0.2, -0.15) is 0 Å². The van der Waals surface area contributed by atoms with Crippen LogP contribution in [0, 0.1) is 0 Å². The summed E-state index contributed by atoms with van der Waals surface area (Å²) < 4.78 is 0. The third-order valence-electron chi connectivity index (χ3n) is 2.57. The summed E-state index contributed by atoms with van der Waals surface area (Å²) in [6.07, 6.45) is 3.67. The van der Waals surface area contributed by atoms with E-state index in [1.807, 2.05) is 24.5 Å². The van der Waals surface area contributed by atoms with Crippen LogP contribution < -0.4 is 5.32 Å². The largest absolute Gasteiger partial charge is 0.313 e. The molecule has 1 aromatic carbocycles. The average molecular weight is 212 g/mol. The van der Waals surface area contributed by atoms with E-state index >= 15 is 0 Å². The topological polar surface area (TPSA) is 24.9 Å². The predicted molar refractivity (Wildman–Crippen MR) is 67.1 cm³/mol. The van der Waals surface area contributed by atoms with Gasteiger partial charge in [-0.1, -0.05) is 31.2 Å². The van der Waals surface area contributed by atoms with Gasteiger partial charge in [-0.15, -0.1) is 0 Å². The minimum atomic E-state index is 0.912. The van der Waals surface area contributed by atoms with E-state index in [1.54, 1.807) is 0 Å². The lowest BCUT2D eigenvalue weighted by molar-refractivity contribution is 0.728. The van der Waals surface area contributed by atoms with Gasteiger partial charge >= 0.3 is 0 Å². The highest BCUT2D eigenvalue weighted by atomic mass is 14.8. The molecule has 1 N–H and O–H groups in total. The monoisotopic (exact) mass is 212 g/mol. The zero-order chi connectivity index (χ0) is 11.2. The van der Waals surface area contributed by atoms with E-state index in [0.717, 1.165) is 13.1 Å². The van der Waals surface area contributed by atoms with Gasteiger partial charge in [0.05, 0.1) is 0 Å². The molecule has 0 spiro atoms. The fourth-order valence-corrected chi connectivity index (χ4v) is 1.75. The first kappa shape index (κ1) is 10.8. The highest BCUT2D eigenvalue weighted by Gasteiger charge is 2.02. The normalized spacial score (nSPS) is 10.3. The van der Waals surface area contributed by atoms with Crippen molar-refractivity contribution in [1.82, 2.24) is 10.3 Å². The molecule has 2 rings (SSSR count). The molecule has 0 aliphatic heterocycles. The van der Waals surface area contributed by atoms with Gasteiger partial charge in [0.1, 0.15) is 0 Å². The lowest BCUT2D eigenvalue weighted by Gasteiger charge is -2.09. The Hall–Kier alpha value is -1.67. The number of benzene rings is 1. The number of hydrogen-bond acceptors (Lipinski definition) is 2. The molecule has 0 atom stereocenters. The Balaban J connectivity index is 2.33. The quantitative estimate of drug-likeness (QED) is 0.843.